The molecule has 0 atom stereocenters. The van der Waals surface area contributed by atoms with E-state index in [2.05, 4.69) is 10.1 Å². The van der Waals surface area contributed by atoms with E-state index >= 15 is 0 Å². The lowest BCUT2D eigenvalue weighted by molar-refractivity contribution is 0.0595. The first-order valence-corrected chi connectivity index (χ1v) is 9.57. The Morgan fingerprint density at radius 2 is 1.86 bits per heavy atom. The molecule has 0 N–H and O–H groups in total. The van der Waals surface area contributed by atoms with Crippen LogP contribution in [0.3, 0.4) is 0 Å². The number of aromatic nitrogens is 3. The van der Waals surface area contributed by atoms with E-state index in [9.17, 15) is 4.79 Å². The summed E-state index contributed by atoms with van der Waals surface area (Å²) in [6, 6.07) is 11.6. The smallest absolute Gasteiger partial charge is 0.253 e. The molecule has 1 fully saturated rings. The Morgan fingerprint density at radius 1 is 1.11 bits per heavy atom. The Morgan fingerprint density at radius 3 is 2.46 bits per heavy atom. The van der Waals surface area contributed by atoms with Gasteiger partial charge in [0.05, 0.1) is 12.4 Å². The standard InChI is InChI=1S/C22H24N4O2/c1-16-21(15-24-25(16)2)17-5-7-18(8-6-17)22(27)26-12-9-19(10-13-26)28-20-4-3-11-23-14-20/h3-8,11,14-15,19H,9-10,12-13H2,1-2H3. The van der Waals surface area contributed by atoms with Crippen molar-refractivity contribution in [1.82, 2.24) is 19.7 Å². The molecule has 2 aromatic heterocycles. The molecule has 6 nitrogen and oxygen atoms in total. The summed E-state index contributed by atoms with van der Waals surface area (Å²) in [6.07, 6.45) is 7.10. The number of piperidine rings is 1. The molecule has 1 amide bonds. The Balaban J connectivity index is 1.37. The van der Waals surface area contributed by atoms with Crippen molar-refractivity contribution in [1.29, 1.82) is 0 Å². The summed E-state index contributed by atoms with van der Waals surface area (Å²) in [5, 5.41) is 4.29. The zero-order chi connectivity index (χ0) is 19.5. The number of nitrogens with zero attached hydrogens (tertiary/aromatic N) is 4. The largest absolute Gasteiger partial charge is 0.489 e. The summed E-state index contributed by atoms with van der Waals surface area (Å²) in [6.45, 7) is 3.44. The van der Waals surface area contributed by atoms with Gasteiger partial charge in [-0.15, -0.1) is 0 Å². The molecule has 6 heteroatoms. The number of likely N-dealkylation sites (tertiary alicyclic amines) is 1. The summed E-state index contributed by atoms with van der Waals surface area (Å²) < 4.78 is 7.81. The van der Waals surface area contributed by atoms with Gasteiger partial charge in [0.1, 0.15) is 11.9 Å². The highest BCUT2D eigenvalue weighted by Crippen LogP contribution is 2.24. The van der Waals surface area contributed by atoms with Crippen LogP contribution < -0.4 is 4.74 Å². The quantitative estimate of drug-likeness (QED) is 0.699. The van der Waals surface area contributed by atoms with Crippen molar-refractivity contribution in [3.8, 4) is 16.9 Å². The molecule has 0 bridgehead atoms. The first-order chi connectivity index (χ1) is 13.6. The molecule has 1 aromatic carbocycles. The SMILES string of the molecule is Cc1c(-c2ccc(C(=O)N3CCC(Oc4cccnc4)CC3)cc2)cnn1C. The molecule has 0 unspecified atom stereocenters. The third-order valence-corrected chi connectivity index (χ3v) is 5.34. The lowest BCUT2D eigenvalue weighted by Crippen LogP contribution is -2.41. The molecule has 28 heavy (non-hydrogen) atoms. The molecule has 144 valence electrons. The maximum Gasteiger partial charge on any atom is 0.253 e. The van der Waals surface area contributed by atoms with Crippen molar-refractivity contribution in [2.24, 2.45) is 7.05 Å². The molecule has 4 rings (SSSR count). The minimum Gasteiger partial charge on any atom is -0.489 e. The van der Waals surface area contributed by atoms with Gasteiger partial charge >= 0.3 is 0 Å². The number of aryl methyl sites for hydroxylation is 1. The van der Waals surface area contributed by atoms with Gasteiger partial charge in [-0.2, -0.15) is 5.10 Å². The second kappa shape index (κ2) is 7.84. The Bertz CT molecular complexity index is 942. The van der Waals surface area contributed by atoms with Crippen LogP contribution in [0.2, 0.25) is 0 Å². The van der Waals surface area contributed by atoms with Crippen LogP contribution >= 0.6 is 0 Å². The lowest BCUT2D eigenvalue weighted by Gasteiger charge is -2.32. The number of hydrogen-bond acceptors (Lipinski definition) is 4. The molecular weight excluding hydrogens is 352 g/mol. The number of rotatable bonds is 4. The van der Waals surface area contributed by atoms with E-state index in [0.717, 1.165) is 41.0 Å². The Kier molecular flexibility index (Phi) is 5.10. The van der Waals surface area contributed by atoms with Crippen LogP contribution in [0.5, 0.6) is 5.75 Å². The molecule has 0 spiro atoms. The third kappa shape index (κ3) is 3.76. The van der Waals surface area contributed by atoms with Gasteiger partial charge in [-0.3, -0.25) is 14.5 Å². The topological polar surface area (TPSA) is 60.3 Å². The van der Waals surface area contributed by atoms with Crippen LogP contribution in [-0.2, 0) is 7.05 Å². The zero-order valence-electron chi connectivity index (χ0n) is 16.2. The fraction of sp³-hybridized carbons (Fsp3) is 0.318. The van der Waals surface area contributed by atoms with Gasteiger partial charge in [0.2, 0.25) is 0 Å². The zero-order valence-corrected chi connectivity index (χ0v) is 16.2. The molecule has 0 aliphatic carbocycles. The number of hydrogen-bond donors (Lipinski definition) is 0. The van der Waals surface area contributed by atoms with E-state index in [1.807, 2.05) is 66.1 Å². The number of carbonyl (C=O) groups is 1. The third-order valence-electron chi connectivity index (χ3n) is 5.34. The van der Waals surface area contributed by atoms with Crippen LogP contribution in [0.25, 0.3) is 11.1 Å². The van der Waals surface area contributed by atoms with Gasteiger partial charge in [-0.25, -0.2) is 0 Å². The molecule has 1 aliphatic heterocycles. The first kappa shape index (κ1) is 18.2. The van der Waals surface area contributed by atoms with E-state index in [1.54, 1.807) is 12.4 Å². The molecule has 3 heterocycles. The highest BCUT2D eigenvalue weighted by Gasteiger charge is 2.24. The maximum absolute atomic E-state index is 12.8. The molecule has 1 aliphatic rings. The van der Waals surface area contributed by atoms with Crippen LogP contribution in [0.1, 0.15) is 28.9 Å². The Labute approximate surface area is 164 Å². The molecule has 0 radical (unpaired) electrons. The minimum absolute atomic E-state index is 0.0780. The van der Waals surface area contributed by atoms with Crippen molar-refractivity contribution in [3.05, 3.63) is 66.2 Å². The maximum atomic E-state index is 12.8. The lowest BCUT2D eigenvalue weighted by atomic mass is 10.0. The number of benzene rings is 1. The fourth-order valence-electron chi connectivity index (χ4n) is 3.54. The predicted molar refractivity (Wildman–Crippen MR) is 107 cm³/mol. The highest BCUT2D eigenvalue weighted by atomic mass is 16.5. The van der Waals surface area contributed by atoms with Gasteiger partial charge in [0.25, 0.3) is 5.91 Å². The van der Waals surface area contributed by atoms with Crippen molar-refractivity contribution in [2.75, 3.05) is 13.1 Å². The van der Waals surface area contributed by atoms with Crippen molar-refractivity contribution in [2.45, 2.75) is 25.9 Å². The van der Waals surface area contributed by atoms with Gasteiger partial charge < -0.3 is 9.64 Å². The fourth-order valence-corrected chi connectivity index (χ4v) is 3.54. The molecule has 0 saturated carbocycles. The van der Waals surface area contributed by atoms with Gasteiger partial charge in [0, 0.05) is 56.0 Å². The summed E-state index contributed by atoms with van der Waals surface area (Å²) in [5.74, 6) is 0.864. The summed E-state index contributed by atoms with van der Waals surface area (Å²) >= 11 is 0. The summed E-state index contributed by atoms with van der Waals surface area (Å²) in [7, 11) is 1.93. The highest BCUT2D eigenvalue weighted by molar-refractivity contribution is 5.94. The molecule has 3 aromatic rings. The van der Waals surface area contributed by atoms with E-state index < -0.39 is 0 Å². The monoisotopic (exact) mass is 376 g/mol. The molecular formula is C22H24N4O2. The van der Waals surface area contributed by atoms with Crippen molar-refractivity contribution in [3.63, 3.8) is 0 Å². The first-order valence-electron chi connectivity index (χ1n) is 9.57. The van der Waals surface area contributed by atoms with E-state index in [1.165, 1.54) is 0 Å². The number of amides is 1. The Hall–Kier alpha value is -3.15. The number of pyridine rings is 1. The summed E-state index contributed by atoms with van der Waals surface area (Å²) in [5.41, 5.74) is 3.99. The van der Waals surface area contributed by atoms with E-state index in [-0.39, 0.29) is 12.0 Å². The predicted octanol–water partition coefficient (Wildman–Crippen LogP) is 3.47. The minimum atomic E-state index is 0.0780. The molecule has 1 saturated heterocycles. The average molecular weight is 376 g/mol. The van der Waals surface area contributed by atoms with Gasteiger partial charge in [0.15, 0.2) is 0 Å². The summed E-state index contributed by atoms with van der Waals surface area (Å²) in [4.78, 5) is 18.8. The average Bonchev–Trinajstić information content (AvgIpc) is 3.07. The second-order valence-corrected chi connectivity index (χ2v) is 7.14. The number of carbonyl (C=O) groups excluding carboxylic acids is 1. The van der Waals surface area contributed by atoms with Crippen molar-refractivity contribution < 1.29 is 9.53 Å². The van der Waals surface area contributed by atoms with Crippen LogP contribution in [0, 0.1) is 6.92 Å². The van der Waals surface area contributed by atoms with E-state index in [0.29, 0.717) is 13.1 Å². The normalized spacial score (nSPS) is 14.9. The van der Waals surface area contributed by atoms with Gasteiger partial charge in [-0.05, 0) is 36.8 Å². The number of ether oxygens (including phenoxy) is 1. The van der Waals surface area contributed by atoms with Crippen LogP contribution in [0.4, 0.5) is 0 Å². The van der Waals surface area contributed by atoms with E-state index in [4.69, 9.17) is 4.74 Å². The van der Waals surface area contributed by atoms with Crippen LogP contribution in [0.15, 0.2) is 55.0 Å². The van der Waals surface area contributed by atoms with Gasteiger partial charge in [-0.1, -0.05) is 12.1 Å². The second-order valence-electron chi connectivity index (χ2n) is 7.14. The van der Waals surface area contributed by atoms with Crippen molar-refractivity contribution >= 4 is 5.91 Å². The van der Waals surface area contributed by atoms with Crippen LogP contribution in [-0.4, -0.2) is 44.8 Å².